The number of carboxylic acids is 1. The molecule has 3 aromatic rings. The van der Waals surface area contributed by atoms with E-state index in [1.807, 2.05) is 24.3 Å². The molecular weight excluding hydrogens is 374 g/mol. The second-order valence-corrected chi connectivity index (χ2v) is 8.18. The van der Waals surface area contributed by atoms with Gasteiger partial charge in [0.2, 0.25) is 0 Å². The van der Waals surface area contributed by atoms with Gasteiger partial charge in [-0.3, -0.25) is 0 Å². The largest absolute Gasteiger partial charge is 0.478 e. The van der Waals surface area contributed by atoms with Crippen molar-refractivity contribution in [2.24, 2.45) is 0 Å². The molecule has 0 amide bonds. The van der Waals surface area contributed by atoms with Crippen LogP contribution in [0.3, 0.4) is 0 Å². The van der Waals surface area contributed by atoms with E-state index in [0.29, 0.717) is 18.0 Å². The van der Waals surface area contributed by atoms with E-state index in [1.54, 1.807) is 12.1 Å². The molecule has 0 unspecified atom stereocenters. The van der Waals surface area contributed by atoms with Crippen LogP contribution in [0.1, 0.15) is 78.9 Å². The molecule has 5 heteroatoms. The summed E-state index contributed by atoms with van der Waals surface area (Å²) in [4.78, 5) is 16.4. The van der Waals surface area contributed by atoms with E-state index in [-0.39, 0.29) is 0 Å². The van der Waals surface area contributed by atoms with Crippen LogP contribution in [0.4, 0.5) is 0 Å². The molecule has 0 atom stereocenters. The fraction of sp³-hybridized carbons (Fsp3) is 0.400. The molecule has 0 bridgehead atoms. The number of aromatic carboxylic acids is 1. The first-order chi connectivity index (χ1) is 14.7. The molecule has 1 N–H and O–H groups in total. The SMILES string of the molecule is CCCc1nc(C2CCCCC2)nn1Cc1ccc(-c2ccccc2C(=O)O)cc1. The predicted molar refractivity (Wildman–Crippen MR) is 118 cm³/mol. The minimum Gasteiger partial charge on any atom is -0.478 e. The second kappa shape index (κ2) is 9.24. The average Bonchev–Trinajstić information content (AvgIpc) is 3.17. The van der Waals surface area contributed by atoms with Crippen LogP contribution >= 0.6 is 0 Å². The number of carbonyl (C=O) groups is 1. The van der Waals surface area contributed by atoms with E-state index in [0.717, 1.165) is 41.2 Å². The van der Waals surface area contributed by atoms with Crippen LogP contribution in [0.2, 0.25) is 0 Å². The van der Waals surface area contributed by atoms with Crippen molar-refractivity contribution >= 4 is 5.97 Å². The number of aromatic nitrogens is 3. The Morgan fingerprint density at radius 3 is 2.50 bits per heavy atom. The third-order valence-corrected chi connectivity index (χ3v) is 5.96. The number of hydrogen-bond donors (Lipinski definition) is 1. The lowest BCUT2D eigenvalue weighted by Gasteiger charge is -2.18. The van der Waals surface area contributed by atoms with Crippen LogP contribution in [-0.2, 0) is 13.0 Å². The molecule has 4 rings (SSSR count). The highest BCUT2D eigenvalue weighted by atomic mass is 16.4. The van der Waals surface area contributed by atoms with Crippen LogP contribution in [0.5, 0.6) is 0 Å². The summed E-state index contributed by atoms with van der Waals surface area (Å²) in [5.41, 5.74) is 3.11. The van der Waals surface area contributed by atoms with Crippen molar-refractivity contribution in [3.63, 3.8) is 0 Å². The number of benzene rings is 2. The van der Waals surface area contributed by atoms with Gasteiger partial charge < -0.3 is 5.11 Å². The minimum atomic E-state index is -0.906. The summed E-state index contributed by atoms with van der Waals surface area (Å²) in [6.07, 6.45) is 8.28. The summed E-state index contributed by atoms with van der Waals surface area (Å²) in [7, 11) is 0. The molecule has 0 saturated heterocycles. The highest BCUT2D eigenvalue weighted by Crippen LogP contribution is 2.31. The molecule has 1 aliphatic carbocycles. The van der Waals surface area contributed by atoms with Gasteiger partial charge in [-0.15, -0.1) is 0 Å². The van der Waals surface area contributed by atoms with E-state index in [4.69, 9.17) is 10.1 Å². The fourth-order valence-electron chi connectivity index (χ4n) is 4.35. The molecule has 1 aliphatic rings. The second-order valence-electron chi connectivity index (χ2n) is 8.18. The zero-order valence-corrected chi connectivity index (χ0v) is 17.6. The molecule has 2 aromatic carbocycles. The monoisotopic (exact) mass is 403 g/mol. The van der Waals surface area contributed by atoms with E-state index < -0.39 is 5.97 Å². The third kappa shape index (κ3) is 4.45. The molecule has 5 nitrogen and oxygen atoms in total. The van der Waals surface area contributed by atoms with E-state index in [9.17, 15) is 9.90 Å². The van der Waals surface area contributed by atoms with Crippen LogP contribution in [0.25, 0.3) is 11.1 Å². The molecule has 1 aromatic heterocycles. The van der Waals surface area contributed by atoms with Gasteiger partial charge >= 0.3 is 5.97 Å². The van der Waals surface area contributed by atoms with Crippen molar-refractivity contribution < 1.29 is 9.90 Å². The van der Waals surface area contributed by atoms with Gasteiger partial charge in [0.25, 0.3) is 0 Å². The summed E-state index contributed by atoms with van der Waals surface area (Å²) >= 11 is 0. The van der Waals surface area contributed by atoms with Crippen molar-refractivity contribution in [3.05, 3.63) is 71.3 Å². The maximum Gasteiger partial charge on any atom is 0.336 e. The number of carboxylic acid groups (broad SMARTS) is 1. The lowest BCUT2D eigenvalue weighted by molar-refractivity contribution is 0.0697. The van der Waals surface area contributed by atoms with Crippen LogP contribution in [-0.4, -0.2) is 25.8 Å². The Bertz CT molecular complexity index is 1000. The van der Waals surface area contributed by atoms with Crippen LogP contribution in [0.15, 0.2) is 48.5 Å². The van der Waals surface area contributed by atoms with Gasteiger partial charge in [0.15, 0.2) is 5.82 Å². The first kappa shape index (κ1) is 20.3. The first-order valence-electron chi connectivity index (χ1n) is 11.0. The first-order valence-corrected chi connectivity index (χ1v) is 11.0. The third-order valence-electron chi connectivity index (χ3n) is 5.96. The van der Waals surface area contributed by atoms with Gasteiger partial charge in [-0.2, -0.15) is 5.10 Å². The zero-order chi connectivity index (χ0) is 20.9. The molecule has 30 heavy (non-hydrogen) atoms. The van der Waals surface area contributed by atoms with Crippen LogP contribution < -0.4 is 0 Å². The lowest BCUT2D eigenvalue weighted by atomic mass is 9.89. The summed E-state index contributed by atoms with van der Waals surface area (Å²) in [5, 5.41) is 14.3. The van der Waals surface area contributed by atoms with E-state index in [1.165, 1.54) is 32.1 Å². The molecule has 0 radical (unpaired) electrons. The Kier molecular flexibility index (Phi) is 6.26. The number of hydrogen-bond acceptors (Lipinski definition) is 3. The Morgan fingerprint density at radius 1 is 1.07 bits per heavy atom. The van der Waals surface area contributed by atoms with Crippen molar-refractivity contribution in [1.29, 1.82) is 0 Å². The van der Waals surface area contributed by atoms with Crippen molar-refractivity contribution in [2.75, 3.05) is 0 Å². The van der Waals surface area contributed by atoms with E-state index >= 15 is 0 Å². The Balaban J connectivity index is 1.56. The zero-order valence-electron chi connectivity index (χ0n) is 17.6. The maximum atomic E-state index is 11.5. The van der Waals surface area contributed by atoms with Gasteiger partial charge in [0.05, 0.1) is 12.1 Å². The Hall–Kier alpha value is -2.95. The summed E-state index contributed by atoms with van der Waals surface area (Å²) in [6.45, 7) is 2.86. The molecular formula is C25H29N3O2. The molecule has 1 saturated carbocycles. The van der Waals surface area contributed by atoms with Gasteiger partial charge in [0, 0.05) is 12.3 Å². The van der Waals surface area contributed by atoms with E-state index in [2.05, 4.69) is 23.7 Å². The molecule has 156 valence electrons. The molecule has 1 heterocycles. The molecule has 1 fully saturated rings. The van der Waals surface area contributed by atoms with Crippen LogP contribution in [0, 0.1) is 0 Å². The number of rotatable bonds is 7. The van der Waals surface area contributed by atoms with Crippen molar-refractivity contribution in [3.8, 4) is 11.1 Å². The summed E-state index contributed by atoms with van der Waals surface area (Å²) in [6, 6.07) is 15.2. The minimum absolute atomic E-state index is 0.323. The van der Waals surface area contributed by atoms with Gasteiger partial charge in [-0.1, -0.05) is 68.7 Å². The van der Waals surface area contributed by atoms with Crippen molar-refractivity contribution in [1.82, 2.24) is 14.8 Å². The topological polar surface area (TPSA) is 68.0 Å². The molecule has 0 aliphatic heterocycles. The predicted octanol–water partition coefficient (Wildman–Crippen LogP) is 5.69. The van der Waals surface area contributed by atoms with Gasteiger partial charge in [-0.25, -0.2) is 14.5 Å². The number of aryl methyl sites for hydroxylation is 1. The smallest absolute Gasteiger partial charge is 0.336 e. The highest BCUT2D eigenvalue weighted by molar-refractivity contribution is 5.95. The Labute approximate surface area is 177 Å². The molecule has 0 spiro atoms. The fourth-order valence-corrected chi connectivity index (χ4v) is 4.35. The standard InChI is InChI=1S/C25H29N3O2/c1-2-8-23-26-24(20-9-4-3-5-10-20)27-28(23)17-18-13-15-19(16-14-18)21-11-6-7-12-22(21)25(29)30/h6-7,11-16,20H,2-5,8-10,17H2,1H3,(H,29,30). The van der Waals surface area contributed by atoms with Gasteiger partial charge in [-0.05, 0) is 42.0 Å². The van der Waals surface area contributed by atoms with Gasteiger partial charge in [0.1, 0.15) is 5.82 Å². The highest BCUT2D eigenvalue weighted by Gasteiger charge is 2.21. The number of nitrogens with zero attached hydrogens (tertiary/aromatic N) is 3. The average molecular weight is 404 g/mol. The summed E-state index contributed by atoms with van der Waals surface area (Å²) < 4.78 is 2.06. The normalized spacial score (nSPS) is 14.7. The summed E-state index contributed by atoms with van der Waals surface area (Å²) in [5.74, 6) is 1.69. The lowest BCUT2D eigenvalue weighted by Crippen LogP contribution is -2.09. The van der Waals surface area contributed by atoms with Crippen molar-refractivity contribution in [2.45, 2.75) is 64.3 Å². The quantitative estimate of drug-likeness (QED) is 0.550. The Morgan fingerprint density at radius 2 is 1.80 bits per heavy atom. The maximum absolute atomic E-state index is 11.5.